The number of carbonyl (C=O) groups excluding carboxylic acids is 3. The van der Waals surface area contributed by atoms with E-state index >= 15 is 0 Å². The molecule has 0 aliphatic carbocycles. The highest BCUT2D eigenvalue weighted by atomic mass is 16.4. The Labute approximate surface area is 174 Å². The number of nitrogens with one attached hydrogen (secondary N) is 3. The van der Waals surface area contributed by atoms with Crippen LogP contribution in [0.3, 0.4) is 0 Å². The van der Waals surface area contributed by atoms with Crippen molar-refractivity contribution in [2.75, 3.05) is 0 Å². The molecular formula is C18H32N4O8. The van der Waals surface area contributed by atoms with Crippen molar-refractivity contribution < 1.29 is 39.3 Å². The number of amides is 3. The van der Waals surface area contributed by atoms with E-state index in [-0.39, 0.29) is 18.8 Å². The molecule has 0 radical (unpaired) electrons. The molecule has 172 valence electrons. The molecule has 6 unspecified atom stereocenters. The lowest BCUT2D eigenvalue weighted by Gasteiger charge is -2.28. The van der Waals surface area contributed by atoms with Crippen molar-refractivity contribution in [3.8, 4) is 0 Å². The van der Waals surface area contributed by atoms with E-state index < -0.39 is 59.9 Å². The van der Waals surface area contributed by atoms with E-state index in [1.807, 2.05) is 0 Å². The molecule has 0 saturated carbocycles. The summed E-state index contributed by atoms with van der Waals surface area (Å²) in [5.74, 6) is -5.19. The van der Waals surface area contributed by atoms with Gasteiger partial charge in [0.05, 0.1) is 12.1 Å². The Bertz CT molecular complexity index is 640. The van der Waals surface area contributed by atoms with Gasteiger partial charge in [0, 0.05) is 6.42 Å². The number of carboxylic acid groups (broad SMARTS) is 2. The summed E-state index contributed by atoms with van der Waals surface area (Å²) >= 11 is 0. The van der Waals surface area contributed by atoms with Crippen LogP contribution in [0.4, 0.5) is 0 Å². The van der Waals surface area contributed by atoms with Crippen LogP contribution in [-0.4, -0.2) is 75.3 Å². The Hall–Kier alpha value is -2.73. The first-order chi connectivity index (χ1) is 13.8. The fourth-order valence-electron chi connectivity index (χ4n) is 2.39. The zero-order valence-electron chi connectivity index (χ0n) is 17.5. The molecular weight excluding hydrogens is 400 g/mol. The number of rotatable bonds is 13. The van der Waals surface area contributed by atoms with Crippen LogP contribution in [0.15, 0.2) is 0 Å². The Morgan fingerprint density at radius 3 is 1.80 bits per heavy atom. The van der Waals surface area contributed by atoms with Crippen molar-refractivity contribution in [2.45, 2.75) is 77.2 Å². The maximum atomic E-state index is 12.7. The molecule has 0 aromatic rings. The van der Waals surface area contributed by atoms with E-state index in [0.29, 0.717) is 6.42 Å². The molecule has 0 aliphatic heterocycles. The average Bonchev–Trinajstić information content (AvgIpc) is 2.66. The highest BCUT2D eigenvalue weighted by Crippen LogP contribution is 2.10. The Balaban J connectivity index is 5.31. The fraction of sp³-hybridized carbons (Fsp3) is 0.722. The van der Waals surface area contributed by atoms with Crippen LogP contribution in [0, 0.1) is 5.92 Å². The van der Waals surface area contributed by atoms with Gasteiger partial charge in [-0.05, 0) is 26.2 Å². The second-order valence-corrected chi connectivity index (χ2v) is 7.21. The van der Waals surface area contributed by atoms with E-state index in [9.17, 15) is 29.1 Å². The number of nitrogens with two attached hydrogens (primary N) is 1. The molecule has 0 bridgehead atoms. The van der Waals surface area contributed by atoms with Gasteiger partial charge < -0.3 is 37.0 Å². The maximum absolute atomic E-state index is 12.7. The van der Waals surface area contributed by atoms with Crippen LogP contribution in [0.2, 0.25) is 0 Å². The first-order valence-corrected chi connectivity index (χ1v) is 9.61. The number of hydrogen-bond donors (Lipinski definition) is 7. The molecule has 12 heteroatoms. The zero-order chi connectivity index (χ0) is 23.6. The van der Waals surface area contributed by atoms with Crippen molar-refractivity contribution in [3.63, 3.8) is 0 Å². The summed E-state index contributed by atoms with van der Waals surface area (Å²) < 4.78 is 0. The van der Waals surface area contributed by atoms with E-state index in [0.717, 1.165) is 0 Å². The van der Waals surface area contributed by atoms with Crippen molar-refractivity contribution in [1.29, 1.82) is 0 Å². The van der Waals surface area contributed by atoms with Gasteiger partial charge >= 0.3 is 11.9 Å². The molecule has 0 aliphatic rings. The van der Waals surface area contributed by atoms with Crippen LogP contribution in [0.1, 0.15) is 47.0 Å². The third-order valence-electron chi connectivity index (χ3n) is 4.59. The molecule has 0 fully saturated rings. The van der Waals surface area contributed by atoms with Crippen LogP contribution >= 0.6 is 0 Å². The Kier molecular flexibility index (Phi) is 11.6. The maximum Gasteiger partial charge on any atom is 0.325 e. The molecule has 0 aromatic carbocycles. The fourth-order valence-corrected chi connectivity index (χ4v) is 2.39. The van der Waals surface area contributed by atoms with Crippen LogP contribution in [-0.2, 0) is 24.0 Å². The lowest BCUT2D eigenvalue weighted by molar-refractivity contribution is -0.142. The summed E-state index contributed by atoms with van der Waals surface area (Å²) in [7, 11) is 0. The summed E-state index contributed by atoms with van der Waals surface area (Å²) in [5, 5.41) is 34.4. The standard InChI is InChI=1S/C18H32N4O8/c1-5-8(2)13(21-15(26)11(19)6-7-12(24)25)16(27)22-14(10(4)23)17(28)20-9(3)18(29)30/h8-11,13-14,23H,5-7,19H2,1-4H3,(H,20,28)(H,21,26)(H,22,27)(H,24,25)(H,29,30). The Morgan fingerprint density at radius 1 is 0.867 bits per heavy atom. The topological polar surface area (TPSA) is 208 Å². The summed E-state index contributed by atoms with van der Waals surface area (Å²) in [4.78, 5) is 58.8. The van der Waals surface area contributed by atoms with Crippen molar-refractivity contribution in [2.24, 2.45) is 11.7 Å². The van der Waals surface area contributed by atoms with E-state index in [2.05, 4.69) is 16.0 Å². The highest BCUT2D eigenvalue weighted by molar-refractivity contribution is 5.94. The first-order valence-electron chi connectivity index (χ1n) is 9.61. The lowest BCUT2D eigenvalue weighted by atomic mass is 9.97. The molecule has 30 heavy (non-hydrogen) atoms. The van der Waals surface area contributed by atoms with Gasteiger partial charge in [0.25, 0.3) is 0 Å². The second-order valence-electron chi connectivity index (χ2n) is 7.21. The summed E-state index contributed by atoms with van der Waals surface area (Å²) in [6, 6.07) is -4.95. The molecule has 0 aromatic heterocycles. The van der Waals surface area contributed by atoms with E-state index in [4.69, 9.17) is 15.9 Å². The lowest BCUT2D eigenvalue weighted by Crippen LogP contribution is -2.60. The van der Waals surface area contributed by atoms with Crippen LogP contribution in [0.5, 0.6) is 0 Å². The monoisotopic (exact) mass is 432 g/mol. The van der Waals surface area contributed by atoms with Crippen molar-refractivity contribution in [3.05, 3.63) is 0 Å². The summed E-state index contributed by atoms with van der Waals surface area (Å²) in [6.07, 6.45) is -1.31. The van der Waals surface area contributed by atoms with Gasteiger partial charge in [-0.3, -0.25) is 24.0 Å². The van der Waals surface area contributed by atoms with Gasteiger partial charge in [-0.1, -0.05) is 20.3 Å². The van der Waals surface area contributed by atoms with Gasteiger partial charge in [-0.2, -0.15) is 0 Å². The normalized spacial score (nSPS) is 16.9. The molecule has 0 rings (SSSR count). The van der Waals surface area contributed by atoms with Gasteiger partial charge in [-0.25, -0.2) is 0 Å². The first kappa shape index (κ1) is 27.3. The highest BCUT2D eigenvalue weighted by Gasteiger charge is 2.33. The van der Waals surface area contributed by atoms with Crippen LogP contribution in [0.25, 0.3) is 0 Å². The number of aliphatic carboxylic acids is 2. The van der Waals surface area contributed by atoms with Crippen molar-refractivity contribution >= 4 is 29.7 Å². The minimum Gasteiger partial charge on any atom is -0.481 e. The quantitative estimate of drug-likeness (QED) is 0.174. The average molecular weight is 432 g/mol. The third-order valence-corrected chi connectivity index (χ3v) is 4.59. The van der Waals surface area contributed by atoms with Crippen molar-refractivity contribution in [1.82, 2.24) is 16.0 Å². The molecule has 0 spiro atoms. The van der Waals surface area contributed by atoms with Gasteiger partial charge in [0.2, 0.25) is 17.7 Å². The zero-order valence-corrected chi connectivity index (χ0v) is 17.5. The number of aliphatic hydroxyl groups excluding tert-OH is 1. The number of aliphatic hydroxyl groups is 1. The SMILES string of the molecule is CCC(C)C(NC(=O)C(N)CCC(=O)O)C(=O)NC(C(=O)NC(C)C(=O)O)C(C)O. The van der Waals surface area contributed by atoms with Gasteiger partial charge in [-0.15, -0.1) is 0 Å². The molecule has 0 saturated heterocycles. The van der Waals surface area contributed by atoms with E-state index in [1.54, 1.807) is 13.8 Å². The molecule has 8 N–H and O–H groups in total. The van der Waals surface area contributed by atoms with E-state index in [1.165, 1.54) is 13.8 Å². The van der Waals surface area contributed by atoms with Gasteiger partial charge in [0.15, 0.2) is 0 Å². The molecule has 6 atom stereocenters. The molecule has 12 nitrogen and oxygen atoms in total. The third kappa shape index (κ3) is 9.18. The summed E-state index contributed by atoms with van der Waals surface area (Å²) in [6.45, 7) is 5.92. The minimum atomic E-state index is -1.46. The molecule has 3 amide bonds. The smallest absolute Gasteiger partial charge is 0.325 e. The second kappa shape index (κ2) is 12.8. The summed E-state index contributed by atoms with van der Waals surface area (Å²) in [5.41, 5.74) is 5.67. The number of carbonyl (C=O) groups is 5. The van der Waals surface area contributed by atoms with Crippen LogP contribution < -0.4 is 21.7 Å². The Morgan fingerprint density at radius 2 is 1.37 bits per heavy atom. The van der Waals surface area contributed by atoms with Gasteiger partial charge in [0.1, 0.15) is 18.1 Å². The predicted octanol–water partition coefficient (Wildman–Crippen LogP) is -1.84. The predicted molar refractivity (Wildman–Crippen MR) is 105 cm³/mol. The largest absolute Gasteiger partial charge is 0.481 e. The number of hydrogen-bond acceptors (Lipinski definition) is 7. The minimum absolute atomic E-state index is 0.123. The molecule has 0 heterocycles. The number of carboxylic acids is 2.